The molecule has 1 aliphatic rings. The Balaban J connectivity index is 1.71. The zero-order valence-electron chi connectivity index (χ0n) is 13.8. The Morgan fingerprint density at radius 2 is 1.92 bits per heavy atom. The van der Waals surface area contributed by atoms with Crippen LogP contribution in [0.2, 0.25) is 0 Å². The second-order valence-corrected chi connectivity index (χ2v) is 6.05. The molecule has 1 heterocycles. The minimum atomic E-state index is -0.349. The van der Waals surface area contributed by atoms with E-state index in [0.29, 0.717) is 24.6 Å². The molecule has 0 atom stereocenters. The van der Waals surface area contributed by atoms with Gasteiger partial charge in [0.15, 0.2) is 0 Å². The van der Waals surface area contributed by atoms with E-state index in [4.69, 9.17) is 4.74 Å². The first-order chi connectivity index (χ1) is 11.5. The van der Waals surface area contributed by atoms with E-state index in [1.54, 1.807) is 29.2 Å². The molecule has 1 N–H and O–H groups in total. The summed E-state index contributed by atoms with van der Waals surface area (Å²) in [5, 5.41) is 2.91. The molecule has 0 radical (unpaired) electrons. The Morgan fingerprint density at radius 3 is 2.54 bits per heavy atom. The Kier molecular flexibility index (Phi) is 4.51. The molecule has 0 bridgehead atoms. The zero-order valence-corrected chi connectivity index (χ0v) is 13.8. The largest absolute Gasteiger partial charge is 0.447 e. The number of benzene rings is 2. The van der Waals surface area contributed by atoms with Gasteiger partial charge in [0.2, 0.25) is 0 Å². The number of anilines is 2. The number of nitrogens with one attached hydrogen (secondary N) is 1. The topological polar surface area (TPSA) is 58.6 Å². The lowest BCUT2D eigenvalue weighted by molar-refractivity contribution is 0.102. The van der Waals surface area contributed by atoms with Gasteiger partial charge >= 0.3 is 6.09 Å². The van der Waals surface area contributed by atoms with Crippen molar-refractivity contribution in [1.82, 2.24) is 0 Å². The van der Waals surface area contributed by atoms with Crippen LogP contribution in [0, 0.1) is 0 Å². The molecule has 5 heteroatoms. The van der Waals surface area contributed by atoms with Gasteiger partial charge in [-0.15, -0.1) is 0 Å². The Hall–Kier alpha value is -2.82. The van der Waals surface area contributed by atoms with Gasteiger partial charge in [0.25, 0.3) is 5.91 Å². The summed E-state index contributed by atoms with van der Waals surface area (Å²) in [6, 6.07) is 14.8. The fourth-order valence-corrected chi connectivity index (χ4v) is 2.60. The maximum Gasteiger partial charge on any atom is 0.414 e. The number of amides is 2. The smallest absolute Gasteiger partial charge is 0.414 e. The summed E-state index contributed by atoms with van der Waals surface area (Å²) in [4.78, 5) is 25.5. The van der Waals surface area contributed by atoms with Gasteiger partial charge in [-0.05, 0) is 47.9 Å². The van der Waals surface area contributed by atoms with E-state index in [1.165, 1.54) is 5.56 Å². The molecule has 0 aromatic heterocycles. The van der Waals surface area contributed by atoms with Crippen LogP contribution in [0.1, 0.15) is 35.7 Å². The monoisotopic (exact) mass is 324 g/mol. The molecule has 2 amide bonds. The number of hydrogen-bond acceptors (Lipinski definition) is 3. The molecule has 2 aromatic carbocycles. The highest BCUT2D eigenvalue weighted by molar-refractivity contribution is 6.04. The molecule has 5 nitrogen and oxygen atoms in total. The minimum absolute atomic E-state index is 0.175. The third kappa shape index (κ3) is 3.40. The van der Waals surface area contributed by atoms with Crippen LogP contribution in [-0.2, 0) is 4.74 Å². The van der Waals surface area contributed by atoms with Crippen molar-refractivity contribution in [2.24, 2.45) is 0 Å². The lowest BCUT2D eigenvalue weighted by Gasteiger charge is -2.13. The predicted octanol–water partition coefficient (Wildman–Crippen LogP) is 4.02. The number of cyclic esters (lactones) is 1. The number of ether oxygens (including phenoxy) is 1. The van der Waals surface area contributed by atoms with Gasteiger partial charge in [0.1, 0.15) is 6.61 Å². The predicted molar refractivity (Wildman–Crippen MR) is 93.6 cm³/mol. The standard InChI is InChI=1S/C19H20N2O3/c1-13(2)15-4-3-5-16(12-15)20-18(22)14-6-8-17(9-7-14)21-10-11-24-19(21)23/h3-9,12-13H,10-11H2,1-2H3,(H,20,22). The Labute approximate surface area is 141 Å². The third-order valence-electron chi connectivity index (χ3n) is 4.01. The van der Waals surface area contributed by atoms with Crippen LogP contribution in [0.3, 0.4) is 0 Å². The lowest BCUT2D eigenvalue weighted by atomic mass is 10.0. The van der Waals surface area contributed by atoms with Crippen molar-refractivity contribution in [2.45, 2.75) is 19.8 Å². The molecule has 24 heavy (non-hydrogen) atoms. The molecule has 0 aliphatic carbocycles. The van der Waals surface area contributed by atoms with Crippen LogP contribution < -0.4 is 10.2 Å². The number of carbonyl (C=O) groups excluding carboxylic acids is 2. The van der Waals surface area contributed by atoms with Gasteiger partial charge in [-0.1, -0.05) is 26.0 Å². The van der Waals surface area contributed by atoms with Gasteiger partial charge in [-0.2, -0.15) is 0 Å². The summed E-state index contributed by atoms with van der Waals surface area (Å²) in [6.45, 7) is 5.16. The molecule has 1 fully saturated rings. The molecule has 0 spiro atoms. The zero-order chi connectivity index (χ0) is 17.1. The third-order valence-corrected chi connectivity index (χ3v) is 4.01. The number of hydrogen-bond donors (Lipinski definition) is 1. The summed E-state index contributed by atoms with van der Waals surface area (Å²) < 4.78 is 4.91. The molecule has 2 aromatic rings. The first-order valence-electron chi connectivity index (χ1n) is 8.00. The molecule has 0 saturated carbocycles. The van der Waals surface area contributed by atoms with Crippen LogP contribution in [-0.4, -0.2) is 25.2 Å². The molecule has 3 rings (SSSR count). The quantitative estimate of drug-likeness (QED) is 0.924. The van der Waals surface area contributed by atoms with Crippen molar-refractivity contribution in [3.63, 3.8) is 0 Å². The van der Waals surface area contributed by atoms with Gasteiger partial charge in [-0.3, -0.25) is 9.69 Å². The second kappa shape index (κ2) is 6.74. The second-order valence-electron chi connectivity index (χ2n) is 6.05. The van der Waals surface area contributed by atoms with E-state index in [-0.39, 0.29) is 12.0 Å². The summed E-state index contributed by atoms with van der Waals surface area (Å²) in [5.41, 5.74) is 3.23. The molecule has 0 unspecified atom stereocenters. The summed E-state index contributed by atoms with van der Waals surface area (Å²) in [6.07, 6.45) is -0.349. The maximum absolute atomic E-state index is 12.4. The molecule has 124 valence electrons. The maximum atomic E-state index is 12.4. The fourth-order valence-electron chi connectivity index (χ4n) is 2.60. The average Bonchev–Trinajstić information content (AvgIpc) is 3.01. The van der Waals surface area contributed by atoms with E-state index in [9.17, 15) is 9.59 Å². The SMILES string of the molecule is CC(C)c1cccc(NC(=O)c2ccc(N3CCOC3=O)cc2)c1. The summed E-state index contributed by atoms with van der Waals surface area (Å²) in [7, 11) is 0. The van der Waals surface area contributed by atoms with E-state index in [2.05, 4.69) is 19.2 Å². The normalized spacial score (nSPS) is 14.0. The van der Waals surface area contributed by atoms with E-state index < -0.39 is 0 Å². The van der Waals surface area contributed by atoms with Crippen molar-refractivity contribution in [3.8, 4) is 0 Å². The van der Waals surface area contributed by atoms with Gasteiger partial charge in [0, 0.05) is 16.9 Å². The van der Waals surface area contributed by atoms with Gasteiger partial charge < -0.3 is 10.1 Å². The van der Waals surface area contributed by atoms with Gasteiger partial charge in [0.05, 0.1) is 6.54 Å². The number of carbonyl (C=O) groups is 2. The highest BCUT2D eigenvalue weighted by Crippen LogP contribution is 2.21. The first-order valence-corrected chi connectivity index (χ1v) is 8.00. The summed E-state index contributed by atoms with van der Waals surface area (Å²) >= 11 is 0. The molecular formula is C19H20N2O3. The highest BCUT2D eigenvalue weighted by atomic mass is 16.6. The molecular weight excluding hydrogens is 304 g/mol. The van der Waals surface area contributed by atoms with Crippen molar-refractivity contribution in [2.75, 3.05) is 23.4 Å². The van der Waals surface area contributed by atoms with Crippen molar-refractivity contribution in [1.29, 1.82) is 0 Å². The Bertz CT molecular complexity index is 753. The molecule has 1 aliphatic heterocycles. The van der Waals surface area contributed by atoms with E-state index in [0.717, 1.165) is 11.4 Å². The number of rotatable bonds is 4. The Morgan fingerprint density at radius 1 is 1.17 bits per heavy atom. The van der Waals surface area contributed by atoms with Crippen LogP contribution in [0.5, 0.6) is 0 Å². The van der Waals surface area contributed by atoms with Crippen LogP contribution >= 0.6 is 0 Å². The van der Waals surface area contributed by atoms with Crippen molar-refractivity contribution in [3.05, 3.63) is 59.7 Å². The fraction of sp³-hybridized carbons (Fsp3) is 0.263. The van der Waals surface area contributed by atoms with E-state index in [1.807, 2.05) is 24.3 Å². The van der Waals surface area contributed by atoms with Crippen LogP contribution in [0.15, 0.2) is 48.5 Å². The van der Waals surface area contributed by atoms with E-state index >= 15 is 0 Å². The van der Waals surface area contributed by atoms with Crippen molar-refractivity contribution >= 4 is 23.4 Å². The average molecular weight is 324 g/mol. The minimum Gasteiger partial charge on any atom is -0.447 e. The first kappa shape index (κ1) is 16.1. The van der Waals surface area contributed by atoms with Gasteiger partial charge in [-0.25, -0.2) is 4.79 Å². The van der Waals surface area contributed by atoms with Crippen LogP contribution in [0.4, 0.5) is 16.2 Å². The highest BCUT2D eigenvalue weighted by Gasteiger charge is 2.23. The summed E-state index contributed by atoms with van der Waals surface area (Å²) in [5.74, 6) is 0.229. The van der Waals surface area contributed by atoms with Crippen LogP contribution in [0.25, 0.3) is 0 Å². The number of nitrogens with zero attached hydrogens (tertiary/aromatic N) is 1. The molecule has 1 saturated heterocycles. The lowest BCUT2D eigenvalue weighted by Crippen LogP contribution is -2.23. The van der Waals surface area contributed by atoms with Crippen molar-refractivity contribution < 1.29 is 14.3 Å².